The van der Waals surface area contributed by atoms with Gasteiger partial charge in [0.1, 0.15) is 5.58 Å². The van der Waals surface area contributed by atoms with Crippen LogP contribution in [0.25, 0.3) is 11.0 Å². The smallest absolute Gasteiger partial charge is 0.289 e. The number of hydrogen-bond acceptors (Lipinski definition) is 4. The molecule has 0 aliphatic carbocycles. The number of carbonyl (C=O) groups is 1. The lowest BCUT2D eigenvalue weighted by Gasteiger charge is -2.34. The summed E-state index contributed by atoms with van der Waals surface area (Å²) in [7, 11) is 0. The van der Waals surface area contributed by atoms with E-state index in [1.165, 1.54) is 5.00 Å². The van der Waals surface area contributed by atoms with E-state index >= 15 is 0 Å². The molecule has 1 saturated heterocycles. The molecule has 112 valence electrons. The predicted molar refractivity (Wildman–Crippen MR) is 88.6 cm³/mol. The van der Waals surface area contributed by atoms with Gasteiger partial charge in [0.15, 0.2) is 5.76 Å². The third-order valence-corrected chi connectivity index (χ3v) is 4.95. The molecule has 1 amide bonds. The summed E-state index contributed by atoms with van der Waals surface area (Å²) in [6.07, 6.45) is 0. The molecule has 0 bridgehead atoms. The van der Waals surface area contributed by atoms with Gasteiger partial charge in [-0.15, -0.1) is 11.3 Å². The quantitative estimate of drug-likeness (QED) is 0.727. The molecular weight excluding hydrogens is 296 g/mol. The third kappa shape index (κ3) is 2.37. The Hall–Kier alpha value is -2.27. The summed E-state index contributed by atoms with van der Waals surface area (Å²) >= 11 is 1.74. The number of carbonyl (C=O) groups excluding carboxylic acids is 1. The number of piperazine rings is 1. The van der Waals surface area contributed by atoms with Gasteiger partial charge in [0.25, 0.3) is 5.91 Å². The van der Waals surface area contributed by atoms with Gasteiger partial charge in [0, 0.05) is 31.6 Å². The van der Waals surface area contributed by atoms with Crippen molar-refractivity contribution in [1.29, 1.82) is 0 Å². The first-order valence-corrected chi connectivity index (χ1v) is 8.25. The van der Waals surface area contributed by atoms with Crippen molar-refractivity contribution >= 4 is 33.2 Å². The Kier molecular flexibility index (Phi) is 3.35. The van der Waals surface area contributed by atoms with Gasteiger partial charge in [-0.3, -0.25) is 4.79 Å². The van der Waals surface area contributed by atoms with Crippen LogP contribution in [-0.4, -0.2) is 37.0 Å². The molecule has 5 heteroatoms. The molecule has 2 aromatic heterocycles. The third-order valence-electron chi connectivity index (χ3n) is 4.02. The monoisotopic (exact) mass is 312 g/mol. The molecule has 4 nitrogen and oxygen atoms in total. The van der Waals surface area contributed by atoms with E-state index in [1.807, 2.05) is 35.2 Å². The number of para-hydroxylation sites is 1. The van der Waals surface area contributed by atoms with Gasteiger partial charge in [0.05, 0.1) is 5.00 Å². The van der Waals surface area contributed by atoms with E-state index in [9.17, 15) is 4.79 Å². The Morgan fingerprint density at radius 2 is 1.86 bits per heavy atom. The molecule has 1 fully saturated rings. The number of amides is 1. The molecule has 1 aromatic carbocycles. The summed E-state index contributed by atoms with van der Waals surface area (Å²) in [5.74, 6) is 0.424. The summed E-state index contributed by atoms with van der Waals surface area (Å²) in [5, 5.41) is 4.33. The molecule has 0 saturated carbocycles. The lowest BCUT2D eigenvalue weighted by atomic mass is 10.2. The van der Waals surface area contributed by atoms with Crippen LogP contribution in [0.1, 0.15) is 10.6 Å². The second-order valence-electron chi connectivity index (χ2n) is 5.38. The highest BCUT2D eigenvalue weighted by molar-refractivity contribution is 7.14. The number of thiophene rings is 1. The maximum atomic E-state index is 12.6. The van der Waals surface area contributed by atoms with Gasteiger partial charge < -0.3 is 14.2 Å². The number of fused-ring (bicyclic) bond motifs is 1. The highest BCUT2D eigenvalue weighted by atomic mass is 32.1. The standard InChI is InChI=1S/C17H16N2O2S/c20-17(15-12-13-4-1-2-5-14(13)21-15)19-9-7-18(8-10-19)16-6-3-11-22-16/h1-6,11-12H,7-10H2. The second kappa shape index (κ2) is 5.50. The van der Waals surface area contributed by atoms with Crippen LogP contribution in [0, 0.1) is 0 Å². The SMILES string of the molecule is O=C(c1cc2ccccc2o1)N1CCN(c2cccs2)CC1. The van der Waals surface area contributed by atoms with Gasteiger partial charge in [-0.05, 0) is 29.6 Å². The van der Waals surface area contributed by atoms with Crippen molar-refractivity contribution in [2.45, 2.75) is 0 Å². The Morgan fingerprint density at radius 3 is 2.59 bits per heavy atom. The van der Waals surface area contributed by atoms with Crippen LogP contribution in [0.5, 0.6) is 0 Å². The van der Waals surface area contributed by atoms with Crippen LogP contribution >= 0.6 is 11.3 Å². The Labute approximate surface area is 132 Å². The fraction of sp³-hybridized carbons (Fsp3) is 0.235. The van der Waals surface area contributed by atoms with E-state index in [0.717, 1.165) is 37.1 Å². The molecular formula is C17H16N2O2S. The highest BCUT2D eigenvalue weighted by Gasteiger charge is 2.24. The number of nitrogens with zero attached hydrogens (tertiary/aromatic N) is 2. The van der Waals surface area contributed by atoms with E-state index in [0.29, 0.717) is 5.76 Å². The minimum absolute atomic E-state index is 0.0120. The molecule has 0 atom stereocenters. The topological polar surface area (TPSA) is 36.7 Å². The first kappa shape index (κ1) is 13.4. The average Bonchev–Trinajstić information content (AvgIpc) is 3.23. The van der Waals surface area contributed by atoms with Gasteiger partial charge >= 0.3 is 0 Å². The number of benzene rings is 1. The second-order valence-corrected chi connectivity index (χ2v) is 6.31. The van der Waals surface area contributed by atoms with E-state index in [4.69, 9.17) is 4.42 Å². The predicted octanol–water partition coefficient (Wildman–Crippen LogP) is 3.46. The zero-order valence-electron chi connectivity index (χ0n) is 12.1. The molecule has 0 radical (unpaired) electrons. The molecule has 22 heavy (non-hydrogen) atoms. The van der Waals surface area contributed by atoms with E-state index in [2.05, 4.69) is 22.4 Å². The van der Waals surface area contributed by atoms with Gasteiger partial charge in [-0.1, -0.05) is 18.2 Å². The van der Waals surface area contributed by atoms with Gasteiger partial charge in [-0.2, -0.15) is 0 Å². The van der Waals surface area contributed by atoms with Gasteiger partial charge in [-0.25, -0.2) is 0 Å². The van der Waals surface area contributed by atoms with E-state index < -0.39 is 0 Å². The molecule has 0 N–H and O–H groups in total. The van der Waals surface area contributed by atoms with E-state index in [1.54, 1.807) is 11.3 Å². The number of furan rings is 1. The summed E-state index contributed by atoms with van der Waals surface area (Å²) in [6.45, 7) is 3.19. The zero-order valence-corrected chi connectivity index (χ0v) is 12.9. The maximum Gasteiger partial charge on any atom is 0.289 e. The van der Waals surface area contributed by atoms with Crippen molar-refractivity contribution in [1.82, 2.24) is 4.90 Å². The molecule has 1 aliphatic heterocycles. The van der Waals surface area contributed by atoms with Crippen LogP contribution in [0.3, 0.4) is 0 Å². The normalized spacial score (nSPS) is 15.5. The maximum absolute atomic E-state index is 12.6. The fourth-order valence-corrected chi connectivity index (χ4v) is 3.61. The molecule has 3 aromatic rings. The minimum atomic E-state index is -0.0120. The zero-order chi connectivity index (χ0) is 14.9. The molecule has 0 unspecified atom stereocenters. The van der Waals surface area contributed by atoms with Crippen molar-refractivity contribution in [3.05, 3.63) is 53.6 Å². The molecule has 4 rings (SSSR count). The summed E-state index contributed by atoms with van der Waals surface area (Å²) < 4.78 is 5.68. The Morgan fingerprint density at radius 1 is 1.05 bits per heavy atom. The minimum Gasteiger partial charge on any atom is -0.451 e. The van der Waals surface area contributed by atoms with Gasteiger partial charge in [0.2, 0.25) is 0 Å². The lowest BCUT2D eigenvalue weighted by Crippen LogP contribution is -2.48. The molecule has 0 spiro atoms. The number of rotatable bonds is 2. The van der Waals surface area contributed by atoms with Crippen molar-refractivity contribution in [2.75, 3.05) is 31.1 Å². The Bertz CT molecular complexity index is 753. The Balaban J connectivity index is 1.47. The lowest BCUT2D eigenvalue weighted by molar-refractivity contribution is 0.0717. The van der Waals surface area contributed by atoms with E-state index in [-0.39, 0.29) is 5.91 Å². The first-order chi connectivity index (χ1) is 10.8. The van der Waals surface area contributed by atoms with Crippen molar-refractivity contribution in [3.8, 4) is 0 Å². The summed E-state index contributed by atoms with van der Waals surface area (Å²) in [5.41, 5.74) is 0.767. The van der Waals surface area contributed by atoms with Crippen LogP contribution in [0.2, 0.25) is 0 Å². The number of anilines is 1. The van der Waals surface area contributed by atoms with Crippen molar-refractivity contribution in [2.24, 2.45) is 0 Å². The van der Waals surface area contributed by atoms with Crippen LogP contribution < -0.4 is 4.90 Å². The summed E-state index contributed by atoms with van der Waals surface area (Å²) in [6, 6.07) is 13.7. The fourth-order valence-electron chi connectivity index (χ4n) is 2.82. The highest BCUT2D eigenvalue weighted by Crippen LogP contribution is 2.24. The van der Waals surface area contributed by atoms with Crippen LogP contribution in [0.15, 0.2) is 52.3 Å². The molecule has 3 heterocycles. The summed E-state index contributed by atoms with van der Waals surface area (Å²) in [4.78, 5) is 16.8. The van der Waals surface area contributed by atoms with Crippen molar-refractivity contribution in [3.63, 3.8) is 0 Å². The average molecular weight is 312 g/mol. The largest absolute Gasteiger partial charge is 0.451 e. The van der Waals surface area contributed by atoms with Crippen molar-refractivity contribution < 1.29 is 9.21 Å². The number of hydrogen-bond donors (Lipinski definition) is 0. The van der Waals surface area contributed by atoms with Crippen LogP contribution in [0.4, 0.5) is 5.00 Å². The molecule has 1 aliphatic rings. The van der Waals surface area contributed by atoms with Crippen LogP contribution in [-0.2, 0) is 0 Å². The first-order valence-electron chi connectivity index (χ1n) is 7.37.